The largest absolute Gasteiger partial charge is 0.349 e. The average Bonchev–Trinajstić information content (AvgIpc) is 3.20. The van der Waals surface area contributed by atoms with E-state index in [-0.39, 0.29) is 5.78 Å². The van der Waals surface area contributed by atoms with Crippen LogP contribution in [-0.4, -0.2) is 41.8 Å². The quantitative estimate of drug-likeness (QED) is 0.370. The maximum Gasteiger partial charge on any atom is 0.203 e. The number of hydrogen-bond donors (Lipinski definition) is 2. The average molecular weight is 414 g/mol. The summed E-state index contributed by atoms with van der Waals surface area (Å²) in [6.07, 6.45) is 9.44. The van der Waals surface area contributed by atoms with Gasteiger partial charge in [0, 0.05) is 42.7 Å². The third-order valence-corrected chi connectivity index (χ3v) is 4.93. The molecule has 3 rings (SSSR count). The number of H-pyrrole nitrogens is 1. The van der Waals surface area contributed by atoms with Gasteiger partial charge in [0.05, 0.1) is 22.7 Å². The number of aromatic amines is 1. The molecule has 1 heterocycles. The van der Waals surface area contributed by atoms with Gasteiger partial charge in [-0.3, -0.25) is 9.79 Å². The van der Waals surface area contributed by atoms with Crippen LogP contribution in [0.4, 0.5) is 5.95 Å². The van der Waals surface area contributed by atoms with Crippen molar-refractivity contribution in [3.8, 4) is 11.3 Å². The SMILES string of the molecule is C=C/C=C(\C=C/CC)N=C(C)C(C=N)=C1C(=O)c2ccccc2-c2nc(N(C)C)[nH]c21. The number of ketones is 1. The first-order valence-electron chi connectivity index (χ1n) is 10.1. The van der Waals surface area contributed by atoms with Crippen LogP contribution in [0.2, 0.25) is 0 Å². The fraction of sp³-hybridized carbons (Fsp3) is 0.200. The van der Waals surface area contributed by atoms with E-state index in [1.54, 1.807) is 25.1 Å². The van der Waals surface area contributed by atoms with Gasteiger partial charge < -0.3 is 15.3 Å². The molecule has 0 spiro atoms. The zero-order valence-corrected chi connectivity index (χ0v) is 18.4. The van der Waals surface area contributed by atoms with E-state index in [1.165, 1.54) is 6.21 Å². The molecule has 0 fully saturated rings. The highest BCUT2D eigenvalue weighted by molar-refractivity contribution is 6.41. The number of carbonyl (C=O) groups excluding carboxylic acids is 1. The highest BCUT2D eigenvalue weighted by Gasteiger charge is 2.33. The summed E-state index contributed by atoms with van der Waals surface area (Å²) in [6.45, 7) is 7.60. The highest BCUT2D eigenvalue weighted by Crippen LogP contribution is 2.40. The minimum atomic E-state index is -0.150. The summed E-state index contributed by atoms with van der Waals surface area (Å²) < 4.78 is 0. The Kier molecular flexibility index (Phi) is 6.60. The molecule has 0 amide bonds. The minimum absolute atomic E-state index is 0.150. The maximum atomic E-state index is 13.5. The van der Waals surface area contributed by atoms with Crippen LogP contribution >= 0.6 is 0 Å². The lowest BCUT2D eigenvalue weighted by molar-refractivity contribution is 0.105. The van der Waals surface area contributed by atoms with Gasteiger partial charge in [-0.1, -0.05) is 49.9 Å². The Labute approximate surface area is 182 Å². The zero-order valence-electron chi connectivity index (χ0n) is 18.4. The molecule has 1 aromatic carbocycles. The van der Waals surface area contributed by atoms with Crippen LogP contribution in [0.25, 0.3) is 16.8 Å². The first-order valence-corrected chi connectivity index (χ1v) is 10.1. The smallest absolute Gasteiger partial charge is 0.203 e. The Hall–Kier alpha value is -3.80. The van der Waals surface area contributed by atoms with Crippen LogP contribution in [0, 0.1) is 5.41 Å². The molecular formula is C25H27N5O. The van der Waals surface area contributed by atoms with Crippen molar-refractivity contribution in [3.63, 3.8) is 0 Å². The summed E-state index contributed by atoms with van der Waals surface area (Å²) in [4.78, 5) is 28.0. The van der Waals surface area contributed by atoms with E-state index in [0.717, 1.165) is 12.0 Å². The summed E-state index contributed by atoms with van der Waals surface area (Å²) in [6, 6.07) is 7.43. The highest BCUT2D eigenvalue weighted by atomic mass is 16.1. The topological polar surface area (TPSA) is 85.2 Å². The van der Waals surface area contributed by atoms with Crippen LogP contribution in [0.1, 0.15) is 36.3 Å². The number of fused-ring (bicyclic) bond motifs is 3. The Bertz CT molecular complexity index is 1160. The third kappa shape index (κ3) is 4.23. The number of rotatable bonds is 7. The molecule has 1 aliphatic carbocycles. The van der Waals surface area contributed by atoms with Crippen LogP contribution in [-0.2, 0) is 0 Å². The van der Waals surface area contributed by atoms with Crippen molar-refractivity contribution in [2.24, 2.45) is 4.99 Å². The van der Waals surface area contributed by atoms with Crippen molar-refractivity contribution in [2.45, 2.75) is 20.3 Å². The molecule has 0 unspecified atom stereocenters. The predicted molar refractivity (Wildman–Crippen MR) is 129 cm³/mol. The second-order valence-corrected chi connectivity index (χ2v) is 7.32. The molecule has 0 aliphatic heterocycles. The lowest BCUT2D eigenvalue weighted by Gasteiger charge is -2.19. The first-order chi connectivity index (χ1) is 14.9. The predicted octanol–water partition coefficient (Wildman–Crippen LogP) is 5.24. The number of Topliss-reactive ketones (excluding diaryl/α,β-unsaturated/α-hetero) is 1. The monoisotopic (exact) mass is 413 g/mol. The summed E-state index contributed by atoms with van der Waals surface area (Å²) >= 11 is 0. The number of carbonyl (C=O) groups is 1. The van der Waals surface area contributed by atoms with E-state index < -0.39 is 0 Å². The summed E-state index contributed by atoms with van der Waals surface area (Å²) in [5.74, 6) is 0.493. The Morgan fingerprint density at radius 2 is 2.00 bits per heavy atom. The van der Waals surface area contributed by atoms with E-state index >= 15 is 0 Å². The van der Waals surface area contributed by atoms with Gasteiger partial charge in [-0.2, -0.15) is 0 Å². The molecule has 0 saturated carbocycles. The number of aliphatic imine (C=N–C) groups is 1. The van der Waals surface area contributed by atoms with Crippen molar-refractivity contribution in [2.75, 3.05) is 19.0 Å². The Morgan fingerprint density at radius 3 is 2.61 bits per heavy atom. The third-order valence-electron chi connectivity index (χ3n) is 4.93. The zero-order chi connectivity index (χ0) is 22.5. The molecule has 0 radical (unpaired) electrons. The minimum Gasteiger partial charge on any atom is -0.349 e. The molecule has 31 heavy (non-hydrogen) atoms. The van der Waals surface area contributed by atoms with Gasteiger partial charge in [0.15, 0.2) is 5.78 Å². The summed E-state index contributed by atoms with van der Waals surface area (Å²) in [5.41, 5.74) is 4.80. The number of nitrogens with zero attached hydrogens (tertiary/aromatic N) is 3. The van der Waals surface area contributed by atoms with Gasteiger partial charge in [-0.15, -0.1) is 0 Å². The van der Waals surface area contributed by atoms with Gasteiger partial charge in [0.25, 0.3) is 0 Å². The number of nitrogens with one attached hydrogen (secondary N) is 2. The number of allylic oxidation sites excluding steroid dienone is 6. The van der Waals surface area contributed by atoms with Crippen molar-refractivity contribution in [1.29, 1.82) is 5.41 Å². The van der Waals surface area contributed by atoms with Crippen LogP contribution in [0.5, 0.6) is 0 Å². The summed E-state index contributed by atoms with van der Waals surface area (Å²) in [5, 5.41) is 8.10. The van der Waals surface area contributed by atoms with E-state index in [2.05, 4.69) is 16.6 Å². The molecular weight excluding hydrogens is 386 g/mol. The summed E-state index contributed by atoms with van der Waals surface area (Å²) in [7, 11) is 3.77. The standard InChI is InChI=1S/C25H27N5O/c1-6-8-12-17(11-7-2)27-16(3)20(15-26)21-23-22(28-25(29-23)30(4)5)18-13-9-10-14-19(18)24(21)31/h7-15,26H,2,6H2,1,3-5H3,(H,28,29)/b12-8-,17-11+,21-20?,26-15?,27-16?. The van der Waals surface area contributed by atoms with Gasteiger partial charge in [-0.25, -0.2) is 4.98 Å². The van der Waals surface area contributed by atoms with Crippen molar-refractivity contribution in [3.05, 3.63) is 77.7 Å². The molecule has 158 valence electrons. The number of anilines is 1. The second kappa shape index (κ2) is 9.34. The van der Waals surface area contributed by atoms with Crippen molar-refractivity contribution < 1.29 is 4.79 Å². The molecule has 1 aromatic heterocycles. The Balaban J connectivity index is 2.28. The van der Waals surface area contributed by atoms with Crippen LogP contribution in [0.3, 0.4) is 0 Å². The van der Waals surface area contributed by atoms with Crippen LogP contribution < -0.4 is 4.90 Å². The first kappa shape index (κ1) is 21.9. The van der Waals surface area contributed by atoms with Crippen molar-refractivity contribution >= 4 is 29.2 Å². The number of imidazole rings is 1. The molecule has 0 saturated heterocycles. The molecule has 0 bridgehead atoms. The molecule has 6 nitrogen and oxygen atoms in total. The van der Waals surface area contributed by atoms with Gasteiger partial charge in [0.2, 0.25) is 5.95 Å². The van der Waals surface area contributed by atoms with Crippen molar-refractivity contribution in [1.82, 2.24) is 9.97 Å². The number of benzene rings is 1. The van der Waals surface area contributed by atoms with Gasteiger partial charge in [0.1, 0.15) is 0 Å². The number of hydrogen-bond acceptors (Lipinski definition) is 5. The van der Waals surface area contributed by atoms with E-state index in [0.29, 0.717) is 45.5 Å². The Morgan fingerprint density at radius 1 is 1.29 bits per heavy atom. The van der Waals surface area contributed by atoms with E-state index in [1.807, 2.05) is 56.3 Å². The molecule has 6 heteroatoms. The fourth-order valence-corrected chi connectivity index (χ4v) is 3.44. The molecule has 2 N–H and O–H groups in total. The maximum absolute atomic E-state index is 13.5. The van der Waals surface area contributed by atoms with E-state index in [9.17, 15) is 4.79 Å². The fourth-order valence-electron chi connectivity index (χ4n) is 3.44. The number of aromatic nitrogens is 2. The lowest BCUT2D eigenvalue weighted by atomic mass is 9.84. The molecule has 1 aliphatic rings. The van der Waals surface area contributed by atoms with E-state index in [4.69, 9.17) is 10.4 Å². The van der Waals surface area contributed by atoms with Crippen LogP contribution in [0.15, 0.2) is 71.4 Å². The second-order valence-electron chi connectivity index (χ2n) is 7.32. The molecule has 2 aromatic rings. The normalized spacial score (nSPS) is 15.5. The van der Waals surface area contributed by atoms with Gasteiger partial charge >= 0.3 is 0 Å². The van der Waals surface area contributed by atoms with Gasteiger partial charge in [-0.05, 0) is 25.5 Å². The molecule has 0 atom stereocenters. The lowest BCUT2D eigenvalue weighted by Crippen LogP contribution is -2.17.